The van der Waals surface area contributed by atoms with Crippen LogP contribution in [0.2, 0.25) is 0 Å². The van der Waals surface area contributed by atoms with Crippen LogP contribution < -0.4 is 4.74 Å². The summed E-state index contributed by atoms with van der Waals surface area (Å²) in [6.45, 7) is 18.6. The number of fused-ring (bicyclic) bond motifs is 7. The number of carboxylic acid groups (broad SMARTS) is 1. The summed E-state index contributed by atoms with van der Waals surface area (Å²) in [7, 11) is 0. The monoisotopic (exact) mass is 574 g/mol. The Hall–Kier alpha value is -2.10. The Morgan fingerprint density at radius 3 is 2.19 bits per heavy atom. The van der Waals surface area contributed by atoms with Crippen molar-refractivity contribution < 1.29 is 19.4 Å². The van der Waals surface area contributed by atoms with E-state index in [-0.39, 0.29) is 33.4 Å². The molecule has 6 rings (SSSR count). The first-order valence-corrected chi connectivity index (χ1v) is 16.8. The number of hydrogen-bond acceptors (Lipinski definition) is 3. The van der Waals surface area contributed by atoms with Crippen LogP contribution in [0.15, 0.2) is 42.0 Å². The van der Waals surface area contributed by atoms with Crippen molar-refractivity contribution in [3.8, 4) is 5.75 Å². The predicted octanol–water partition coefficient (Wildman–Crippen LogP) is 9.14. The molecule has 0 heterocycles. The lowest BCUT2D eigenvalue weighted by atomic mass is 9.32. The molecule has 0 bridgehead atoms. The van der Waals surface area contributed by atoms with E-state index >= 15 is 0 Å². The lowest BCUT2D eigenvalue weighted by Crippen LogP contribution is -2.69. The van der Waals surface area contributed by atoms with Crippen molar-refractivity contribution in [1.82, 2.24) is 0 Å². The van der Waals surface area contributed by atoms with Crippen LogP contribution in [0.3, 0.4) is 0 Å². The molecule has 0 radical (unpaired) electrons. The van der Waals surface area contributed by atoms with Crippen LogP contribution in [0.4, 0.5) is 0 Å². The topological polar surface area (TPSA) is 63.6 Å². The average Bonchev–Trinajstić information content (AvgIpc) is 2.93. The van der Waals surface area contributed by atoms with Gasteiger partial charge in [0.05, 0.1) is 5.41 Å². The molecule has 230 valence electrons. The number of benzene rings is 1. The molecule has 0 aliphatic heterocycles. The summed E-state index contributed by atoms with van der Waals surface area (Å²) in [5, 5.41) is 10.7. The molecule has 0 saturated heterocycles. The Balaban J connectivity index is 1.41. The minimum absolute atomic E-state index is 0.00136. The van der Waals surface area contributed by atoms with Crippen molar-refractivity contribution in [3.05, 3.63) is 42.0 Å². The summed E-state index contributed by atoms with van der Waals surface area (Å²) < 4.78 is 6.78. The second-order valence-corrected chi connectivity index (χ2v) is 16.6. The van der Waals surface area contributed by atoms with Crippen molar-refractivity contribution in [2.75, 3.05) is 0 Å². The molecular formula is C38H54O4. The zero-order valence-corrected chi connectivity index (χ0v) is 27.4. The van der Waals surface area contributed by atoms with Gasteiger partial charge in [-0.2, -0.15) is 0 Å². The van der Waals surface area contributed by atoms with Gasteiger partial charge in [0.1, 0.15) is 5.75 Å². The van der Waals surface area contributed by atoms with Crippen molar-refractivity contribution in [2.45, 2.75) is 119 Å². The van der Waals surface area contributed by atoms with Crippen molar-refractivity contribution >= 4 is 11.8 Å². The minimum Gasteiger partial charge on any atom is -0.481 e. The second-order valence-electron chi connectivity index (χ2n) is 16.6. The van der Waals surface area contributed by atoms with E-state index in [9.17, 15) is 14.7 Å². The van der Waals surface area contributed by atoms with E-state index in [0.29, 0.717) is 23.7 Å². The molecule has 4 heteroatoms. The number of para-hydroxylation sites is 1. The number of ether oxygens (including phenoxy) is 1. The van der Waals surface area contributed by atoms with Gasteiger partial charge < -0.3 is 9.84 Å². The largest absolute Gasteiger partial charge is 0.481 e. The first kappa shape index (κ1) is 29.9. The van der Waals surface area contributed by atoms with Crippen molar-refractivity contribution in [1.29, 1.82) is 0 Å². The maximum absolute atomic E-state index is 13.6. The highest BCUT2D eigenvalue weighted by Crippen LogP contribution is 2.76. The molecule has 0 amide bonds. The molecule has 1 aromatic carbocycles. The number of carbonyl (C=O) groups excluding carboxylic acids is 1. The highest BCUT2D eigenvalue weighted by molar-refractivity contribution is 5.86. The molecule has 4 fully saturated rings. The Labute approximate surface area is 254 Å². The molecule has 10 atom stereocenters. The molecule has 42 heavy (non-hydrogen) atoms. The van der Waals surface area contributed by atoms with E-state index in [4.69, 9.17) is 4.74 Å². The smallest absolute Gasteiger partial charge is 0.310 e. The first-order valence-electron chi connectivity index (χ1n) is 16.8. The maximum Gasteiger partial charge on any atom is 0.310 e. The Bertz CT molecular complexity index is 1300. The first-order chi connectivity index (χ1) is 19.6. The summed E-state index contributed by atoms with van der Waals surface area (Å²) in [5.41, 5.74) is -0.120. The number of hydrogen-bond donors (Lipinski definition) is 1. The van der Waals surface area contributed by atoms with E-state index < -0.39 is 17.0 Å². The van der Waals surface area contributed by atoms with E-state index in [0.717, 1.165) is 63.5 Å². The molecule has 4 saturated carbocycles. The quantitative estimate of drug-likeness (QED) is 0.364. The minimum atomic E-state index is -0.842. The molecule has 1 unspecified atom stereocenters. The molecule has 0 spiro atoms. The molecule has 5 aliphatic carbocycles. The van der Waals surface area contributed by atoms with Gasteiger partial charge in [-0.25, -0.2) is 0 Å². The fraction of sp³-hybridized carbons (Fsp3) is 0.737. The summed E-state index contributed by atoms with van der Waals surface area (Å²) in [5.74, 6) is 2.27. The van der Waals surface area contributed by atoms with Gasteiger partial charge in [-0.05, 0) is 123 Å². The van der Waals surface area contributed by atoms with Crippen LogP contribution in [0.5, 0.6) is 5.75 Å². The Morgan fingerprint density at radius 2 is 1.55 bits per heavy atom. The SMILES string of the molecule is CC(=O)[C@@]1(Oc2ccccc2)CC[C@@]2(C)C(CC[C@]3(C)[C@@H]2CC=C2[C@@H]4[C@@H](C)[C@H](C)CC[C@]4(C(=O)O)CC[C@]23C)C1(C)C. The summed E-state index contributed by atoms with van der Waals surface area (Å²) in [6.07, 6.45) is 11.1. The van der Waals surface area contributed by atoms with Gasteiger partial charge in [0.2, 0.25) is 0 Å². The highest BCUT2D eigenvalue weighted by atomic mass is 16.5. The van der Waals surface area contributed by atoms with E-state index in [1.54, 1.807) is 6.92 Å². The zero-order valence-electron chi connectivity index (χ0n) is 27.4. The Morgan fingerprint density at radius 1 is 0.857 bits per heavy atom. The number of rotatable bonds is 4. The van der Waals surface area contributed by atoms with Crippen LogP contribution in [0.1, 0.15) is 113 Å². The Kier molecular flexibility index (Phi) is 6.74. The third-order valence-electron chi connectivity index (χ3n) is 15.2. The molecule has 1 aromatic rings. The van der Waals surface area contributed by atoms with Crippen LogP contribution in [0, 0.1) is 56.7 Å². The molecular weight excluding hydrogens is 520 g/mol. The van der Waals surface area contributed by atoms with E-state index in [2.05, 4.69) is 54.5 Å². The van der Waals surface area contributed by atoms with E-state index in [1.165, 1.54) is 5.57 Å². The van der Waals surface area contributed by atoms with Crippen molar-refractivity contribution in [3.63, 3.8) is 0 Å². The fourth-order valence-electron chi connectivity index (χ4n) is 12.4. The maximum atomic E-state index is 13.6. The third-order valence-corrected chi connectivity index (χ3v) is 15.2. The van der Waals surface area contributed by atoms with Gasteiger partial charge in [-0.15, -0.1) is 0 Å². The van der Waals surface area contributed by atoms with Gasteiger partial charge in [0.15, 0.2) is 11.4 Å². The zero-order chi connectivity index (χ0) is 30.5. The number of carboxylic acids is 1. The van der Waals surface area contributed by atoms with Gasteiger partial charge in [0.25, 0.3) is 0 Å². The van der Waals surface area contributed by atoms with Crippen molar-refractivity contribution in [2.24, 2.45) is 56.7 Å². The number of Topliss-reactive ketones (excluding diaryl/α,β-unsaturated/α-hetero) is 1. The summed E-state index contributed by atoms with van der Waals surface area (Å²) >= 11 is 0. The average molecular weight is 575 g/mol. The van der Waals surface area contributed by atoms with Crippen LogP contribution >= 0.6 is 0 Å². The van der Waals surface area contributed by atoms with Gasteiger partial charge >= 0.3 is 5.97 Å². The normalized spacial score (nSPS) is 47.5. The third kappa shape index (κ3) is 3.59. The number of aliphatic carboxylic acids is 1. The second kappa shape index (κ2) is 9.45. The van der Waals surface area contributed by atoms with Gasteiger partial charge in [0, 0.05) is 5.41 Å². The number of carbonyl (C=O) groups is 2. The van der Waals surface area contributed by atoms with Crippen LogP contribution in [-0.4, -0.2) is 22.5 Å². The number of ketones is 1. The predicted molar refractivity (Wildman–Crippen MR) is 167 cm³/mol. The standard InChI is InChI=1S/C38H54O4/c1-24-16-19-37(32(40)41)22-21-35(7)28(31(37)25(24)2)14-15-30-34(6)20-23-38(26(3)39,42-27-12-10-9-11-13-27)33(4,5)29(34)17-18-36(30,35)8/h9-14,24-25,29-31H,15-23H2,1-8H3,(H,40,41)/t24-,25+,29?,30-,31+,34+,35-,36-,37+,38+/m1/s1. The molecule has 5 aliphatic rings. The molecule has 1 N–H and O–H groups in total. The van der Waals surface area contributed by atoms with Gasteiger partial charge in [-0.3, -0.25) is 9.59 Å². The van der Waals surface area contributed by atoms with Crippen LogP contribution in [-0.2, 0) is 9.59 Å². The summed E-state index contributed by atoms with van der Waals surface area (Å²) in [4.78, 5) is 26.6. The lowest BCUT2D eigenvalue weighted by Gasteiger charge is -2.72. The fourth-order valence-corrected chi connectivity index (χ4v) is 12.4. The molecule has 4 nitrogen and oxygen atoms in total. The number of allylic oxidation sites excluding steroid dienone is 2. The summed E-state index contributed by atoms with van der Waals surface area (Å²) in [6, 6.07) is 9.92. The molecule has 0 aromatic heterocycles. The van der Waals surface area contributed by atoms with E-state index in [1.807, 2.05) is 30.3 Å². The van der Waals surface area contributed by atoms with Gasteiger partial charge in [-0.1, -0.05) is 78.3 Å². The lowest BCUT2D eigenvalue weighted by molar-refractivity contribution is -0.225. The highest BCUT2D eigenvalue weighted by Gasteiger charge is 2.72. The van der Waals surface area contributed by atoms with Crippen LogP contribution in [0.25, 0.3) is 0 Å².